The van der Waals surface area contributed by atoms with E-state index in [1.807, 2.05) is 19.1 Å². The van der Waals surface area contributed by atoms with Crippen molar-refractivity contribution in [2.75, 3.05) is 0 Å². The van der Waals surface area contributed by atoms with Gasteiger partial charge in [-0.15, -0.1) is 0 Å². The van der Waals surface area contributed by atoms with Crippen LogP contribution in [0.15, 0.2) is 35.1 Å². The van der Waals surface area contributed by atoms with Crippen molar-refractivity contribution in [2.45, 2.75) is 50.9 Å². The maximum absolute atomic E-state index is 13.4. The molecule has 0 aliphatic carbocycles. The van der Waals surface area contributed by atoms with Gasteiger partial charge in [0.25, 0.3) is 0 Å². The average Bonchev–Trinajstić information content (AvgIpc) is 2.93. The number of hydrogen-bond donors (Lipinski definition) is 4. The zero-order chi connectivity index (χ0) is 20.7. The fraction of sp³-hybridized carbons (Fsp3) is 0.381. The van der Waals surface area contributed by atoms with Crippen molar-refractivity contribution < 1.29 is 19.0 Å². The first-order chi connectivity index (χ1) is 13.8. The second-order valence-electron chi connectivity index (χ2n) is 7.67. The van der Waals surface area contributed by atoms with Crippen LogP contribution in [-0.4, -0.2) is 31.8 Å². The molecule has 0 saturated heterocycles. The monoisotopic (exact) mass is 403 g/mol. The van der Waals surface area contributed by atoms with Crippen LogP contribution in [-0.2, 0) is 13.0 Å². The number of nitrogens with zero attached hydrogens (tertiary/aromatic N) is 1. The summed E-state index contributed by atoms with van der Waals surface area (Å²) < 4.78 is 28.2. The maximum Gasteiger partial charge on any atom is 0.326 e. The van der Waals surface area contributed by atoms with Gasteiger partial charge in [-0.1, -0.05) is 12.1 Å². The lowest BCUT2D eigenvalue weighted by Crippen LogP contribution is -2.41. The van der Waals surface area contributed by atoms with Crippen molar-refractivity contribution in [3.8, 4) is 5.75 Å². The zero-order valence-electron chi connectivity index (χ0n) is 16.0. The van der Waals surface area contributed by atoms with Crippen LogP contribution in [0.1, 0.15) is 37.0 Å². The molecule has 0 unspecified atom stereocenters. The summed E-state index contributed by atoms with van der Waals surface area (Å²) in [6, 6.07) is 6.90. The fourth-order valence-corrected chi connectivity index (χ4v) is 4.12. The molecule has 6 nitrogen and oxygen atoms in total. The number of aromatic hydroxyl groups is 1. The predicted octanol–water partition coefficient (Wildman–Crippen LogP) is 2.73. The zero-order valence-corrected chi connectivity index (χ0v) is 16.0. The lowest BCUT2D eigenvalue weighted by atomic mass is 9.98. The number of H-pyrrole nitrogens is 1. The Morgan fingerprint density at radius 1 is 1.31 bits per heavy atom. The number of aliphatic hydroxyl groups is 1. The second kappa shape index (κ2) is 7.61. The number of aryl methyl sites for hydroxylation is 2. The fourth-order valence-electron chi connectivity index (χ4n) is 4.12. The summed E-state index contributed by atoms with van der Waals surface area (Å²) >= 11 is 0. The van der Waals surface area contributed by atoms with Crippen LogP contribution >= 0.6 is 0 Å². The van der Waals surface area contributed by atoms with E-state index < -0.39 is 17.7 Å². The molecule has 0 radical (unpaired) electrons. The van der Waals surface area contributed by atoms with Crippen LogP contribution in [0.3, 0.4) is 0 Å². The molecule has 154 valence electrons. The SMILES string of the molecule is C[C@H](CCc1cc(F)c(F)cc1O)N[C@@H]1CCn2c(=O)[nH]c3cccc(c32)[C@H]1O. The number of halogens is 2. The van der Waals surface area contributed by atoms with Crippen molar-refractivity contribution >= 4 is 11.0 Å². The molecule has 0 spiro atoms. The standard InChI is InChI=1S/C21H23F2N3O3/c1-11(5-6-12-9-14(22)15(23)10-18(12)27)24-17-7-8-26-19-13(20(17)28)3-2-4-16(19)25-21(26)29/h2-4,9-11,17,20,24,27-28H,5-8H2,1H3,(H,25,29)/t11-,17-,20-/m1/s1. The minimum absolute atomic E-state index is 0.0582. The number of para-hydroxylation sites is 1. The molecule has 0 amide bonds. The van der Waals surface area contributed by atoms with Gasteiger partial charge in [0.1, 0.15) is 5.75 Å². The van der Waals surface area contributed by atoms with Gasteiger partial charge in [-0.3, -0.25) is 4.57 Å². The molecule has 0 bridgehead atoms. The second-order valence-corrected chi connectivity index (χ2v) is 7.67. The van der Waals surface area contributed by atoms with E-state index >= 15 is 0 Å². The molecule has 0 saturated carbocycles. The summed E-state index contributed by atoms with van der Waals surface area (Å²) in [7, 11) is 0. The van der Waals surface area contributed by atoms with Gasteiger partial charge in [0.15, 0.2) is 11.6 Å². The molecule has 4 N–H and O–H groups in total. The molecular formula is C21H23F2N3O3. The van der Waals surface area contributed by atoms with Crippen LogP contribution in [0.2, 0.25) is 0 Å². The molecular weight excluding hydrogens is 380 g/mol. The third kappa shape index (κ3) is 3.65. The largest absolute Gasteiger partial charge is 0.508 e. The highest BCUT2D eigenvalue weighted by atomic mass is 19.2. The van der Waals surface area contributed by atoms with E-state index in [0.717, 1.165) is 17.6 Å². The van der Waals surface area contributed by atoms with Crippen molar-refractivity contribution in [3.63, 3.8) is 0 Å². The Bertz CT molecular complexity index is 1110. The Kier molecular flexibility index (Phi) is 5.14. The minimum atomic E-state index is -1.08. The Morgan fingerprint density at radius 2 is 2.07 bits per heavy atom. The first kappa shape index (κ1) is 19.6. The first-order valence-corrected chi connectivity index (χ1v) is 9.67. The topological polar surface area (TPSA) is 90.3 Å². The van der Waals surface area contributed by atoms with Crippen molar-refractivity contribution in [1.82, 2.24) is 14.9 Å². The Hall–Kier alpha value is -2.71. The van der Waals surface area contributed by atoms with E-state index in [2.05, 4.69) is 10.3 Å². The van der Waals surface area contributed by atoms with Crippen LogP contribution in [0.5, 0.6) is 5.75 Å². The van der Waals surface area contributed by atoms with E-state index in [9.17, 15) is 23.8 Å². The smallest absolute Gasteiger partial charge is 0.326 e. The molecule has 4 rings (SSSR count). The van der Waals surface area contributed by atoms with Crippen molar-refractivity contribution in [1.29, 1.82) is 0 Å². The third-order valence-electron chi connectivity index (χ3n) is 5.65. The quantitative estimate of drug-likeness (QED) is 0.527. The van der Waals surface area contributed by atoms with Gasteiger partial charge >= 0.3 is 5.69 Å². The Labute approximate surface area is 165 Å². The van der Waals surface area contributed by atoms with Crippen molar-refractivity contribution in [3.05, 3.63) is 63.6 Å². The molecule has 3 atom stereocenters. The molecule has 1 aromatic heterocycles. The van der Waals surface area contributed by atoms with E-state index in [1.165, 1.54) is 0 Å². The van der Waals surface area contributed by atoms with Crippen LogP contribution in [0.25, 0.3) is 11.0 Å². The highest BCUT2D eigenvalue weighted by Gasteiger charge is 2.29. The number of phenolic OH excluding ortho intramolecular Hbond substituents is 1. The number of aliphatic hydroxyl groups excluding tert-OH is 1. The van der Waals surface area contributed by atoms with Gasteiger partial charge in [0.2, 0.25) is 0 Å². The molecule has 3 aromatic rings. The van der Waals surface area contributed by atoms with E-state index in [-0.39, 0.29) is 23.5 Å². The number of nitrogens with one attached hydrogen (secondary N) is 2. The van der Waals surface area contributed by atoms with Gasteiger partial charge in [0, 0.05) is 30.3 Å². The summed E-state index contributed by atoms with van der Waals surface area (Å²) in [5.74, 6) is -2.33. The first-order valence-electron chi connectivity index (χ1n) is 9.67. The molecule has 29 heavy (non-hydrogen) atoms. The number of benzene rings is 2. The lowest BCUT2D eigenvalue weighted by Gasteiger charge is -2.26. The molecule has 8 heteroatoms. The normalized spacial score (nSPS) is 20.0. The highest BCUT2D eigenvalue weighted by molar-refractivity contribution is 5.79. The highest BCUT2D eigenvalue weighted by Crippen LogP contribution is 2.30. The lowest BCUT2D eigenvalue weighted by molar-refractivity contribution is 0.119. The average molecular weight is 403 g/mol. The van der Waals surface area contributed by atoms with E-state index in [0.29, 0.717) is 42.5 Å². The number of aromatic nitrogens is 2. The summed E-state index contributed by atoms with van der Waals surface area (Å²) in [5, 5.41) is 24.1. The van der Waals surface area contributed by atoms with Gasteiger partial charge in [-0.05, 0) is 43.9 Å². The number of aromatic amines is 1. The third-order valence-corrected chi connectivity index (χ3v) is 5.65. The number of phenols is 1. The predicted molar refractivity (Wildman–Crippen MR) is 105 cm³/mol. The Balaban J connectivity index is 1.47. The summed E-state index contributed by atoms with van der Waals surface area (Å²) in [4.78, 5) is 15.0. The number of imidazole rings is 1. The van der Waals surface area contributed by atoms with Crippen molar-refractivity contribution in [2.24, 2.45) is 0 Å². The summed E-state index contributed by atoms with van der Waals surface area (Å²) in [6.07, 6.45) is 0.680. The van der Waals surface area contributed by atoms with Crippen LogP contribution in [0, 0.1) is 11.6 Å². The molecule has 0 fully saturated rings. The number of rotatable bonds is 5. The van der Waals surface area contributed by atoms with Gasteiger partial charge in [-0.2, -0.15) is 0 Å². The van der Waals surface area contributed by atoms with E-state index in [4.69, 9.17) is 0 Å². The van der Waals surface area contributed by atoms with Crippen LogP contribution in [0.4, 0.5) is 8.78 Å². The molecule has 1 aliphatic heterocycles. The molecule has 2 aromatic carbocycles. The minimum Gasteiger partial charge on any atom is -0.508 e. The molecule has 1 aliphatic rings. The molecule has 2 heterocycles. The Morgan fingerprint density at radius 3 is 2.86 bits per heavy atom. The van der Waals surface area contributed by atoms with E-state index in [1.54, 1.807) is 10.6 Å². The summed E-state index contributed by atoms with van der Waals surface area (Å²) in [5.41, 5.74) is 2.28. The number of hydrogen-bond acceptors (Lipinski definition) is 4. The summed E-state index contributed by atoms with van der Waals surface area (Å²) in [6.45, 7) is 2.41. The van der Waals surface area contributed by atoms with Crippen LogP contribution < -0.4 is 11.0 Å². The van der Waals surface area contributed by atoms with Gasteiger partial charge in [-0.25, -0.2) is 13.6 Å². The maximum atomic E-state index is 13.4. The van der Waals surface area contributed by atoms with Gasteiger partial charge in [0.05, 0.1) is 17.1 Å². The van der Waals surface area contributed by atoms with Gasteiger partial charge < -0.3 is 20.5 Å².